The molecule has 0 saturated carbocycles. The fourth-order valence-electron chi connectivity index (χ4n) is 1.84. The molecule has 0 aliphatic heterocycles. The van der Waals surface area contributed by atoms with E-state index < -0.39 is 0 Å². The van der Waals surface area contributed by atoms with Gasteiger partial charge in [-0.15, -0.1) is 0 Å². The summed E-state index contributed by atoms with van der Waals surface area (Å²) in [6.45, 7) is 7.03. The summed E-state index contributed by atoms with van der Waals surface area (Å²) in [5.74, 6) is 0. The van der Waals surface area contributed by atoms with E-state index in [1.807, 2.05) is 18.5 Å². The second-order valence-electron chi connectivity index (χ2n) is 3.52. The fourth-order valence-corrected chi connectivity index (χ4v) is 1.84. The van der Waals surface area contributed by atoms with E-state index >= 15 is 0 Å². The first-order chi connectivity index (χ1) is 6.61. The molecule has 0 radical (unpaired) electrons. The molecule has 0 bridgehead atoms. The number of nitrogens with zero attached hydrogens (tertiary/aromatic N) is 2. The highest BCUT2D eigenvalue weighted by molar-refractivity contribution is 5.27. The average Bonchev–Trinajstić information content (AvgIpc) is 2.41. The highest BCUT2D eigenvalue weighted by Gasteiger charge is 2.16. The molecule has 1 atom stereocenters. The van der Waals surface area contributed by atoms with E-state index in [1.165, 1.54) is 0 Å². The Hall–Kier alpha value is -0.870. The summed E-state index contributed by atoms with van der Waals surface area (Å²) in [6, 6.07) is -0.0969. The Morgan fingerprint density at radius 2 is 2.14 bits per heavy atom. The van der Waals surface area contributed by atoms with E-state index in [1.54, 1.807) is 0 Å². The molecule has 0 aromatic carbocycles. The minimum atomic E-state index is -0.0969. The third-order valence-electron chi connectivity index (χ3n) is 2.55. The lowest BCUT2D eigenvalue weighted by Gasteiger charge is -2.10. The Morgan fingerprint density at radius 1 is 1.50 bits per heavy atom. The fraction of sp³-hybridized carbons (Fsp3) is 0.700. The SMILES string of the molecule is CCn1nc(C)c(C(N)CCO)c1C. The summed E-state index contributed by atoms with van der Waals surface area (Å²) in [5, 5.41) is 13.2. The Labute approximate surface area is 84.7 Å². The van der Waals surface area contributed by atoms with E-state index in [4.69, 9.17) is 10.8 Å². The average molecular weight is 197 g/mol. The molecular formula is C10H19N3O. The van der Waals surface area contributed by atoms with E-state index in [0.717, 1.165) is 23.5 Å². The number of rotatable bonds is 4. The number of aromatic nitrogens is 2. The number of hydrogen-bond donors (Lipinski definition) is 2. The Kier molecular flexibility index (Phi) is 3.66. The molecular weight excluding hydrogens is 178 g/mol. The first kappa shape index (κ1) is 11.2. The second-order valence-corrected chi connectivity index (χ2v) is 3.52. The molecule has 1 aromatic heterocycles. The normalized spacial score (nSPS) is 13.2. The lowest BCUT2D eigenvalue weighted by Crippen LogP contribution is -2.14. The topological polar surface area (TPSA) is 64.1 Å². The summed E-state index contributed by atoms with van der Waals surface area (Å²) in [7, 11) is 0. The lowest BCUT2D eigenvalue weighted by molar-refractivity contribution is 0.276. The molecule has 14 heavy (non-hydrogen) atoms. The van der Waals surface area contributed by atoms with E-state index in [9.17, 15) is 0 Å². The number of nitrogens with two attached hydrogens (primary N) is 1. The smallest absolute Gasteiger partial charge is 0.0644 e. The minimum absolute atomic E-state index is 0.0969. The summed E-state index contributed by atoms with van der Waals surface area (Å²) in [4.78, 5) is 0. The van der Waals surface area contributed by atoms with Crippen molar-refractivity contribution in [2.75, 3.05) is 6.61 Å². The van der Waals surface area contributed by atoms with Gasteiger partial charge < -0.3 is 10.8 Å². The number of hydrogen-bond acceptors (Lipinski definition) is 3. The predicted molar refractivity (Wildman–Crippen MR) is 56.0 cm³/mol. The second kappa shape index (κ2) is 4.57. The van der Waals surface area contributed by atoms with Crippen molar-refractivity contribution < 1.29 is 5.11 Å². The highest BCUT2D eigenvalue weighted by Crippen LogP contribution is 2.21. The molecule has 0 amide bonds. The van der Waals surface area contributed by atoms with Crippen molar-refractivity contribution >= 4 is 0 Å². The quantitative estimate of drug-likeness (QED) is 0.753. The van der Waals surface area contributed by atoms with Crippen molar-refractivity contribution in [3.63, 3.8) is 0 Å². The van der Waals surface area contributed by atoms with Gasteiger partial charge in [-0.25, -0.2) is 0 Å². The summed E-state index contributed by atoms with van der Waals surface area (Å²) >= 11 is 0. The molecule has 1 aromatic rings. The molecule has 0 spiro atoms. The van der Waals surface area contributed by atoms with Crippen LogP contribution < -0.4 is 5.73 Å². The maximum Gasteiger partial charge on any atom is 0.0644 e. The Balaban J connectivity index is 3.01. The maximum absolute atomic E-state index is 8.84. The van der Waals surface area contributed by atoms with Crippen molar-refractivity contribution in [3.05, 3.63) is 17.0 Å². The summed E-state index contributed by atoms with van der Waals surface area (Å²) < 4.78 is 1.95. The largest absolute Gasteiger partial charge is 0.396 e. The van der Waals surface area contributed by atoms with Gasteiger partial charge in [0, 0.05) is 30.5 Å². The molecule has 0 aliphatic rings. The van der Waals surface area contributed by atoms with Crippen molar-refractivity contribution in [3.8, 4) is 0 Å². The van der Waals surface area contributed by atoms with Gasteiger partial charge >= 0.3 is 0 Å². The molecule has 1 rings (SSSR count). The third kappa shape index (κ3) is 1.96. The van der Waals surface area contributed by atoms with Gasteiger partial charge in [-0.05, 0) is 27.2 Å². The molecule has 3 N–H and O–H groups in total. The van der Waals surface area contributed by atoms with Crippen LogP contribution in [0, 0.1) is 13.8 Å². The Bertz CT molecular complexity index is 307. The summed E-state index contributed by atoms with van der Waals surface area (Å²) in [5.41, 5.74) is 9.14. The molecule has 4 nitrogen and oxygen atoms in total. The van der Waals surface area contributed by atoms with Crippen LogP contribution in [0.15, 0.2) is 0 Å². The van der Waals surface area contributed by atoms with Crippen LogP contribution in [0.1, 0.15) is 36.3 Å². The van der Waals surface area contributed by atoms with Gasteiger partial charge in [-0.1, -0.05) is 0 Å². The molecule has 0 fully saturated rings. The molecule has 1 heterocycles. The van der Waals surface area contributed by atoms with E-state index in [-0.39, 0.29) is 12.6 Å². The van der Waals surface area contributed by atoms with Crippen LogP contribution in [0.2, 0.25) is 0 Å². The van der Waals surface area contributed by atoms with Crippen LogP contribution >= 0.6 is 0 Å². The van der Waals surface area contributed by atoms with Gasteiger partial charge in [0.25, 0.3) is 0 Å². The number of aliphatic hydroxyl groups excluding tert-OH is 1. The van der Waals surface area contributed by atoms with Crippen LogP contribution in [0.5, 0.6) is 0 Å². The van der Waals surface area contributed by atoms with Gasteiger partial charge in [-0.2, -0.15) is 5.10 Å². The van der Waals surface area contributed by atoms with Crippen LogP contribution in [-0.4, -0.2) is 21.5 Å². The predicted octanol–water partition coefficient (Wildman–Crippen LogP) is 0.902. The van der Waals surface area contributed by atoms with Crippen LogP contribution in [0.3, 0.4) is 0 Å². The van der Waals surface area contributed by atoms with Crippen LogP contribution in [-0.2, 0) is 6.54 Å². The first-order valence-electron chi connectivity index (χ1n) is 5.02. The van der Waals surface area contributed by atoms with Gasteiger partial charge in [0.2, 0.25) is 0 Å². The van der Waals surface area contributed by atoms with Gasteiger partial charge in [0.15, 0.2) is 0 Å². The zero-order chi connectivity index (χ0) is 10.7. The number of aryl methyl sites for hydroxylation is 2. The van der Waals surface area contributed by atoms with Gasteiger partial charge in [0.05, 0.1) is 5.69 Å². The number of aliphatic hydroxyl groups is 1. The first-order valence-corrected chi connectivity index (χ1v) is 5.02. The lowest BCUT2D eigenvalue weighted by atomic mass is 10.0. The molecule has 1 unspecified atom stereocenters. The van der Waals surface area contributed by atoms with Gasteiger partial charge in [0.1, 0.15) is 0 Å². The van der Waals surface area contributed by atoms with E-state index in [0.29, 0.717) is 6.42 Å². The zero-order valence-electron chi connectivity index (χ0n) is 9.12. The van der Waals surface area contributed by atoms with Crippen LogP contribution in [0.25, 0.3) is 0 Å². The van der Waals surface area contributed by atoms with Gasteiger partial charge in [-0.3, -0.25) is 4.68 Å². The highest BCUT2D eigenvalue weighted by atomic mass is 16.3. The summed E-state index contributed by atoms with van der Waals surface area (Å²) in [6.07, 6.45) is 0.594. The Morgan fingerprint density at radius 3 is 2.57 bits per heavy atom. The van der Waals surface area contributed by atoms with Crippen molar-refractivity contribution in [1.82, 2.24) is 9.78 Å². The molecule has 0 aliphatic carbocycles. The standard InChI is InChI=1S/C10H19N3O/c1-4-13-8(3)10(7(2)12-13)9(11)5-6-14/h9,14H,4-6,11H2,1-3H3. The van der Waals surface area contributed by atoms with Crippen LogP contribution in [0.4, 0.5) is 0 Å². The molecule has 0 saturated heterocycles. The van der Waals surface area contributed by atoms with Crippen molar-refractivity contribution in [2.24, 2.45) is 5.73 Å². The molecule has 80 valence electrons. The van der Waals surface area contributed by atoms with Crippen molar-refractivity contribution in [1.29, 1.82) is 0 Å². The minimum Gasteiger partial charge on any atom is -0.396 e. The van der Waals surface area contributed by atoms with E-state index in [2.05, 4.69) is 12.0 Å². The monoisotopic (exact) mass is 197 g/mol. The zero-order valence-corrected chi connectivity index (χ0v) is 9.12. The van der Waals surface area contributed by atoms with Crippen molar-refractivity contribution in [2.45, 2.75) is 39.8 Å². The maximum atomic E-state index is 8.84. The molecule has 4 heteroatoms. The third-order valence-corrected chi connectivity index (χ3v) is 2.55.